The molecule has 2 aliphatic rings. The number of hydrogen-bond donors (Lipinski definition) is 1. The van der Waals surface area contributed by atoms with Gasteiger partial charge in [0.15, 0.2) is 0 Å². The molecule has 1 saturated carbocycles. The highest BCUT2D eigenvalue weighted by molar-refractivity contribution is 5.68. The van der Waals surface area contributed by atoms with Crippen LogP contribution in [0, 0.1) is 0 Å². The standard InChI is InChI=1S/C18H34N2O3/c1-17(2,3)23-16(21)19(4)15-8-12-20(13-9-15)14-18(22)10-6-5-7-11-18/h15,22H,5-14H2,1-4H3. The van der Waals surface area contributed by atoms with Crippen molar-refractivity contribution in [2.24, 2.45) is 0 Å². The summed E-state index contributed by atoms with van der Waals surface area (Å²) in [7, 11) is 1.84. The van der Waals surface area contributed by atoms with Gasteiger partial charge in [-0.3, -0.25) is 0 Å². The van der Waals surface area contributed by atoms with Crippen LogP contribution in [-0.2, 0) is 4.74 Å². The van der Waals surface area contributed by atoms with Gasteiger partial charge in [-0.1, -0.05) is 19.3 Å². The predicted molar refractivity (Wildman–Crippen MR) is 91.5 cm³/mol. The van der Waals surface area contributed by atoms with Crippen LogP contribution >= 0.6 is 0 Å². The molecule has 0 spiro atoms. The van der Waals surface area contributed by atoms with Crippen molar-refractivity contribution in [1.82, 2.24) is 9.80 Å². The van der Waals surface area contributed by atoms with E-state index < -0.39 is 11.2 Å². The zero-order valence-electron chi connectivity index (χ0n) is 15.3. The van der Waals surface area contributed by atoms with Gasteiger partial charge in [-0.05, 0) is 46.5 Å². The van der Waals surface area contributed by atoms with E-state index in [0.717, 1.165) is 58.2 Å². The number of ether oxygens (including phenoxy) is 1. The van der Waals surface area contributed by atoms with Crippen molar-refractivity contribution in [3.63, 3.8) is 0 Å². The van der Waals surface area contributed by atoms with Crippen molar-refractivity contribution in [1.29, 1.82) is 0 Å². The summed E-state index contributed by atoms with van der Waals surface area (Å²) < 4.78 is 5.45. The second-order valence-electron chi connectivity index (χ2n) is 8.38. The maximum absolute atomic E-state index is 12.2. The summed E-state index contributed by atoms with van der Waals surface area (Å²) in [5.41, 5.74) is -0.932. The van der Waals surface area contributed by atoms with Crippen molar-refractivity contribution in [2.75, 3.05) is 26.7 Å². The van der Waals surface area contributed by atoms with Gasteiger partial charge in [0.25, 0.3) is 0 Å². The fourth-order valence-electron chi connectivity index (χ4n) is 3.73. The number of aliphatic hydroxyl groups is 1. The highest BCUT2D eigenvalue weighted by atomic mass is 16.6. The summed E-state index contributed by atoms with van der Waals surface area (Å²) in [5.74, 6) is 0. The summed E-state index contributed by atoms with van der Waals surface area (Å²) in [6, 6.07) is 0.238. The minimum Gasteiger partial charge on any atom is -0.444 e. The monoisotopic (exact) mass is 326 g/mol. The Morgan fingerprint density at radius 1 is 1.22 bits per heavy atom. The fraction of sp³-hybridized carbons (Fsp3) is 0.944. The van der Waals surface area contributed by atoms with Crippen LogP contribution in [0.25, 0.3) is 0 Å². The molecule has 0 aromatic rings. The van der Waals surface area contributed by atoms with E-state index in [9.17, 15) is 9.90 Å². The molecule has 0 unspecified atom stereocenters. The summed E-state index contributed by atoms with van der Waals surface area (Å²) in [4.78, 5) is 16.3. The Balaban J connectivity index is 1.78. The normalized spacial score (nSPS) is 23.5. The lowest BCUT2D eigenvalue weighted by Gasteiger charge is -2.41. The molecule has 0 radical (unpaired) electrons. The van der Waals surface area contributed by atoms with Crippen LogP contribution in [0.2, 0.25) is 0 Å². The maximum Gasteiger partial charge on any atom is 0.410 e. The average Bonchev–Trinajstić information content (AvgIpc) is 2.46. The lowest BCUT2D eigenvalue weighted by atomic mass is 9.84. The van der Waals surface area contributed by atoms with Crippen LogP contribution in [0.4, 0.5) is 4.79 Å². The number of carbonyl (C=O) groups is 1. The molecule has 0 bridgehead atoms. The average molecular weight is 326 g/mol. The van der Waals surface area contributed by atoms with Crippen LogP contribution in [0.15, 0.2) is 0 Å². The highest BCUT2D eigenvalue weighted by Crippen LogP contribution is 2.30. The molecular weight excluding hydrogens is 292 g/mol. The third-order valence-electron chi connectivity index (χ3n) is 5.09. The van der Waals surface area contributed by atoms with Gasteiger partial charge < -0.3 is 19.6 Å². The molecule has 23 heavy (non-hydrogen) atoms. The minimum absolute atomic E-state index is 0.234. The van der Waals surface area contributed by atoms with Gasteiger partial charge in [0.1, 0.15) is 5.60 Å². The van der Waals surface area contributed by atoms with E-state index in [1.807, 2.05) is 27.8 Å². The van der Waals surface area contributed by atoms with Crippen LogP contribution in [0.5, 0.6) is 0 Å². The smallest absolute Gasteiger partial charge is 0.410 e. The molecule has 1 N–H and O–H groups in total. The Kier molecular flexibility index (Phi) is 5.95. The molecule has 5 heteroatoms. The van der Waals surface area contributed by atoms with Crippen molar-refractivity contribution in [3.8, 4) is 0 Å². The van der Waals surface area contributed by atoms with E-state index in [2.05, 4.69) is 4.90 Å². The van der Waals surface area contributed by atoms with Gasteiger partial charge in [-0.2, -0.15) is 0 Å². The van der Waals surface area contributed by atoms with Crippen molar-refractivity contribution in [3.05, 3.63) is 0 Å². The van der Waals surface area contributed by atoms with Gasteiger partial charge >= 0.3 is 6.09 Å². The third kappa shape index (κ3) is 5.64. The van der Waals surface area contributed by atoms with Gasteiger partial charge in [-0.15, -0.1) is 0 Å². The Morgan fingerprint density at radius 2 is 1.78 bits per heavy atom. The lowest BCUT2D eigenvalue weighted by molar-refractivity contribution is -0.0360. The molecule has 1 heterocycles. The molecule has 1 aliphatic carbocycles. The van der Waals surface area contributed by atoms with Gasteiger partial charge in [0, 0.05) is 32.7 Å². The molecule has 1 amide bonds. The topological polar surface area (TPSA) is 53.0 Å². The molecule has 1 aliphatic heterocycles. The number of piperidine rings is 1. The molecule has 5 nitrogen and oxygen atoms in total. The molecule has 0 aromatic heterocycles. The number of carbonyl (C=O) groups excluding carboxylic acids is 1. The predicted octanol–water partition coefficient (Wildman–Crippen LogP) is 3.01. The number of nitrogens with zero attached hydrogens (tertiary/aromatic N) is 2. The van der Waals surface area contributed by atoms with E-state index in [1.165, 1.54) is 6.42 Å². The molecule has 2 rings (SSSR count). The fourth-order valence-corrected chi connectivity index (χ4v) is 3.73. The molecular formula is C18H34N2O3. The molecule has 1 saturated heterocycles. The van der Waals surface area contributed by atoms with Crippen LogP contribution in [-0.4, -0.2) is 64.9 Å². The molecule has 0 atom stereocenters. The first kappa shape index (κ1) is 18.5. The molecule has 134 valence electrons. The van der Waals surface area contributed by atoms with Crippen molar-refractivity contribution in [2.45, 2.75) is 83.0 Å². The van der Waals surface area contributed by atoms with Crippen molar-refractivity contribution >= 4 is 6.09 Å². The van der Waals surface area contributed by atoms with Crippen LogP contribution in [0.1, 0.15) is 65.7 Å². The Bertz CT molecular complexity index is 392. The summed E-state index contributed by atoms with van der Waals surface area (Å²) in [5, 5.41) is 10.7. The Morgan fingerprint density at radius 3 is 2.30 bits per heavy atom. The van der Waals surface area contributed by atoms with E-state index in [1.54, 1.807) is 4.90 Å². The maximum atomic E-state index is 12.2. The number of β-amino-alcohol motifs (C(OH)–C–C–N with tert-alkyl or cyclic N) is 1. The third-order valence-corrected chi connectivity index (χ3v) is 5.09. The summed E-state index contributed by atoms with van der Waals surface area (Å²) >= 11 is 0. The molecule has 0 aromatic carbocycles. The Labute approximate surface area is 141 Å². The molecule has 2 fully saturated rings. The van der Waals surface area contributed by atoms with E-state index in [-0.39, 0.29) is 12.1 Å². The summed E-state index contributed by atoms with van der Waals surface area (Å²) in [6.45, 7) is 8.36. The first-order valence-electron chi connectivity index (χ1n) is 9.09. The minimum atomic E-state index is -0.484. The lowest BCUT2D eigenvalue weighted by Crippen LogP contribution is -2.51. The van der Waals surface area contributed by atoms with Crippen LogP contribution in [0.3, 0.4) is 0 Å². The van der Waals surface area contributed by atoms with Crippen LogP contribution < -0.4 is 0 Å². The second kappa shape index (κ2) is 7.39. The first-order chi connectivity index (χ1) is 10.7. The SMILES string of the molecule is CN(C(=O)OC(C)(C)C)C1CCN(CC2(O)CCCCC2)CC1. The number of likely N-dealkylation sites (tertiary alicyclic amines) is 1. The van der Waals surface area contributed by atoms with E-state index in [4.69, 9.17) is 4.74 Å². The largest absolute Gasteiger partial charge is 0.444 e. The number of hydrogen-bond acceptors (Lipinski definition) is 4. The zero-order chi connectivity index (χ0) is 17.1. The first-order valence-corrected chi connectivity index (χ1v) is 9.09. The highest BCUT2D eigenvalue weighted by Gasteiger charge is 2.34. The van der Waals surface area contributed by atoms with Gasteiger partial charge in [0.2, 0.25) is 0 Å². The second-order valence-corrected chi connectivity index (χ2v) is 8.38. The summed E-state index contributed by atoms with van der Waals surface area (Å²) in [6.07, 6.45) is 7.09. The number of rotatable bonds is 3. The Hall–Kier alpha value is -0.810. The zero-order valence-corrected chi connectivity index (χ0v) is 15.3. The number of amides is 1. The van der Waals surface area contributed by atoms with Gasteiger partial charge in [0.05, 0.1) is 5.60 Å². The van der Waals surface area contributed by atoms with E-state index >= 15 is 0 Å². The quantitative estimate of drug-likeness (QED) is 0.866. The van der Waals surface area contributed by atoms with Crippen molar-refractivity contribution < 1.29 is 14.6 Å². The van der Waals surface area contributed by atoms with E-state index in [0.29, 0.717) is 0 Å². The van der Waals surface area contributed by atoms with Gasteiger partial charge in [-0.25, -0.2) is 4.79 Å².